The number of benzene rings is 1. The van der Waals surface area contributed by atoms with Crippen molar-refractivity contribution in [2.45, 2.75) is 12.3 Å². The maximum atomic E-state index is 13.5. The predicted octanol–water partition coefficient (Wildman–Crippen LogP) is 2.88. The fourth-order valence-electron chi connectivity index (χ4n) is 2.90. The summed E-state index contributed by atoms with van der Waals surface area (Å²) in [7, 11) is 0. The zero-order chi connectivity index (χ0) is 15.8. The molecule has 5 nitrogen and oxygen atoms in total. The SMILES string of the molecule is O=C1CC(c2cccc(F)c2)c2ncn(-c3cccnc3)c2N1. The van der Waals surface area contributed by atoms with Gasteiger partial charge < -0.3 is 5.32 Å². The number of carbonyl (C=O) groups is 1. The van der Waals surface area contributed by atoms with E-state index in [1.807, 2.05) is 18.2 Å². The molecule has 3 heterocycles. The van der Waals surface area contributed by atoms with Crippen LogP contribution in [0.15, 0.2) is 55.1 Å². The molecule has 1 aromatic carbocycles. The molecule has 1 aliphatic heterocycles. The van der Waals surface area contributed by atoms with E-state index >= 15 is 0 Å². The molecule has 2 aromatic heterocycles. The van der Waals surface area contributed by atoms with E-state index in [4.69, 9.17) is 0 Å². The molecule has 0 saturated heterocycles. The maximum absolute atomic E-state index is 13.5. The molecule has 0 fully saturated rings. The van der Waals surface area contributed by atoms with Crippen molar-refractivity contribution in [1.82, 2.24) is 14.5 Å². The summed E-state index contributed by atoms with van der Waals surface area (Å²) < 4.78 is 15.3. The van der Waals surface area contributed by atoms with Gasteiger partial charge in [-0.25, -0.2) is 9.37 Å². The van der Waals surface area contributed by atoms with Gasteiger partial charge in [0.1, 0.15) is 18.0 Å². The van der Waals surface area contributed by atoms with E-state index in [2.05, 4.69) is 15.3 Å². The molecule has 1 N–H and O–H groups in total. The van der Waals surface area contributed by atoms with Crippen molar-refractivity contribution in [2.24, 2.45) is 0 Å². The number of aromatic nitrogens is 3. The minimum Gasteiger partial charge on any atom is -0.310 e. The normalized spacial score (nSPS) is 16.7. The van der Waals surface area contributed by atoms with Gasteiger partial charge in [-0.2, -0.15) is 0 Å². The van der Waals surface area contributed by atoms with Gasteiger partial charge in [0.15, 0.2) is 0 Å². The number of anilines is 1. The van der Waals surface area contributed by atoms with Gasteiger partial charge in [0.05, 0.1) is 17.6 Å². The van der Waals surface area contributed by atoms with Gasteiger partial charge in [0.2, 0.25) is 5.91 Å². The van der Waals surface area contributed by atoms with Crippen LogP contribution in [0.25, 0.3) is 5.69 Å². The van der Waals surface area contributed by atoms with Gasteiger partial charge in [-0.15, -0.1) is 0 Å². The highest BCUT2D eigenvalue weighted by Gasteiger charge is 2.31. The first-order chi connectivity index (χ1) is 11.2. The zero-order valence-electron chi connectivity index (χ0n) is 12.1. The van der Waals surface area contributed by atoms with Crippen molar-refractivity contribution < 1.29 is 9.18 Å². The summed E-state index contributed by atoms with van der Waals surface area (Å²) in [4.78, 5) is 20.7. The molecular formula is C17H13FN4O. The highest BCUT2D eigenvalue weighted by atomic mass is 19.1. The molecule has 0 spiro atoms. The van der Waals surface area contributed by atoms with E-state index < -0.39 is 0 Å². The number of nitrogens with one attached hydrogen (secondary N) is 1. The summed E-state index contributed by atoms with van der Waals surface area (Å²) in [6.07, 6.45) is 5.28. The fraction of sp³-hybridized carbons (Fsp3) is 0.118. The van der Waals surface area contributed by atoms with Gasteiger partial charge in [-0.05, 0) is 29.8 Å². The van der Waals surface area contributed by atoms with Crippen molar-refractivity contribution in [3.05, 3.63) is 72.2 Å². The Kier molecular flexibility index (Phi) is 3.15. The Morgan fingerprint density at radius 3 is 2.96 bits per heavy atom. The molecule has 1 amide bonds. The number of amides is 1. The first-order valence-electron chi connectivity index (χ1n) is 7.25. The van der Waals surface area contributed by atoms with E-state index in [0.29, 0.717) is 5.82 Å². The van der Waals surface area contributed by atoms with Crippen LogP contribution in [0.3, 0.4) is 0 Å². The third-order valence-electron chi connectivity index (χ3n) is 3.95. The van der Waals surface area contributed by atoms with E-state index in [1.54, 1.807) is 29.4 Å². The standard InChI is InChI=1S/C17H13FN4O/c18-12-4-1-3-11(7-12)14-8-15(23)21-17-16(14)20-10-22(17)13-5-2-6-19-9-13/h1-7,9-10,14H,8H2,(H,21,23). The first-order valence-corrected chi connectivity index (χ1v) is 7.25. The van der Waals surface area contributed by atoms with Gasteiger partial charge in [-0.3, -0.25) is 14.3 Å². The molecule has 1 aliphatic rings. The van der Waals surface area contributed by atoms with Crippen LogP contribution in [0, 0.1) is 5.82 Å². The average Bonchev–Trinajstić information content (AvgIpc) is 2.98. The van der Waals surface area contributed by atoms with Gasteiger partial charge in [0.25, 0.3) is 0 Å². The molecule has 0 radical (unpaired) electrons. The van der Waals surface area contributed by atoms with Crippen molar-refractivity contribution in [3.8, 4) is 5.69 Å². The van der Waals surface area contributed by atoms with Crippen LogP contribution >= 0.6 is 0 Å². The molecule has 6 heteroatoms. The van der Waals surface area contributed by atoms with Crippen molar-refractivity contribution in [2.75, 3.05) is 5.32 Å². The molecule has 0 aliphatic carbocycles. The number of rotatable bonds is 2. The van der Waals surface area contributed by atoms with Crippen LogP contribution in [0.5, 0.6) is 0 Å². The number of hydrogen-bond acceptors (Lipinski definition) is 3. The number of nitrogens with zero attached hydrogens (tertiary/aromatic N) is 3. The van der Waals surface area contributed by atoms with E-state index in [9.17, 15) is 9.18 Å². The number of pyridine rings is 1. The number of carbonyl (C=O) groups excluding carboxylic acids is 1. The lowest BCUT2D eigenvalue weighted by molar-refractivity contribution is -0.116. The number of imidazole rings is 1. The van der Waals surface area contributed by atoms with Crippen LogP contribution in [-0.2, 0) is 4.79 Å². The smallest absolute Gasteiger partial charge is 0.226 e. The number of fused-ring (bicyclic) bond motifs is 1. The van der Waals surface area contributed by atoms with E-state index in [0.717, 1.165) is 16.9 Å². The number of halogens is 1. The quantitative estimate of drug-likeness (QED) is 0.792. The van der Waals surface area contributed by atoms with Gasteiger partial charge in [-0.1, -0.05) is 12.1 Å². The van der Waals surface area contributed by atoms with Crippen molar-refractivity contribution in [1.29, 1.82) is 0 Å². The van der Waals surface area contributed by atoms with Gasteiger partial charge in [0, 0.05) is 18.5 Å². The van der Waals surface area contributed by atoms with Crippen LogP contribution in [0.4, 0.5) is 10.2 Å². The van der Waals surface area contributed by atoms with Crippen molar-refractivity contribution in [3.63, 3.8) is 0 Å². The zero-order valence-corrected chi connectivity index (χ0v) is 12.1. The summed E-state index contributed by atoms with van der Waals surface area (Å²) >= 11 is 0. The van der Waals surface area contributed by atoms with Crippen LogP contribution in [0.1, 0.15) is 23.6 Å². The first kappa shape index (κ1) is 13.6. The average molecular weight is 308 g/mol. The summed E-state index contributed by atoms with van der Waals surface area (Å²) in [5.74, 6) is -0.0741. The Hall–Kier alpha value is -3.02. The highest BCUT2D eigenvalue weighted by Crippen LogP contribution is 2.37. The van der Waals surface area contributed by atoms with E-state index in [-0.39, 0.29) is 24.1 Å². The summed E-state index contributed by atoms with van der Waals surface area (Å²) in [6.45, 7) is 0. The molecule has 0 saturated carbocycles. The largest absolute Gasteiger partial charge is 0.310 e. The lowest BCUT2D eigenvalue weighted by Gasteiger charge is -2.23. The fourth-order valence-corrected chi connectivity index (χ4v) is 2.90. The molecule has 4 rings (SSSR count). The van der Waals surface area contributed by atoms with Crippen LogP contribution < -0.4 is 5.32 Å². The lowest BCUT2D eigenvalue weighted by Crippen LogP contribution is -2.25. The molecular weight excluding hydrogens is 295 g/mol. The Balaban J connectivity index is 1.83. The topological polar surface area (TPSA) is 59.8 Å². The molecule has 114 valence electrons. The van der Waals surface area contributed by atoms with Crippen molar-refractivity contribution >= 4 is 11.7 Å². The minimum atomic E-state index is -0.318. The van der Waals surface area contributed by atoms with E-state index in [1.165, 1.54) is 12.1 Å². The molecule has 23 heavy (non-hydrogen) atoms. The molecule has 1 atom stereocenters. The van der Waals surface area contributed by atoms with Crippen LogP contribution in [0.2, 0.25) is 0 Å². The minimum absolute atomic E-state index is 0.114. The Bertz CT molecular complexity index is 875. The number of hydrogen-bond donors (Lipinski definition) is 1. The predicted molar refractivity (Wildman–Crippen MR) is 82.8 cm³/mol. The second-order valence-corrected chi connectivity index (χ2v) is 5.42. The summed E-state index contributed by atoms with van der Waals surface area (Å²) in [5, 5.41) is 2.86. The third-order valence-corrected chi connectivity index (χ3v) is 3.95. The maximum Gasteiger partial charge on any atom is 0.226 e. The third kappa shape index (κ3) is 2.38. The van der Waals surface area contributed by atoms with Crippen LogP contribution in [-0.4, -0.2) is 20.4 Å². The van der Waals surface area contributed by atoms with Gasteiger partial charge >= 0.3 is 0 Å². The Labute approximate surface area is 131 Å². The lowest BCUT2D eigenvalue weighted by atomic mass is 9.90. The highest BCUT2D eigenvalue weighted by molar-refractivity contribution is 5.94. The monoisotopic (exact) mass is 308 g/mol. The summed E-state index contributed by atoms with van der Waals surface area (Å²) in [6, 6.07) is 10.0. The Morgan fingerprint density at radius 2 is 2.17 bits per heavy atom. The Morgan fingerprint density at radius 1 is 1.26 bits per heavy atom. The molecule has 0 bridgehead atoms. The summed E-state index contributed by atoms with van der Waals surface area (Å²) in [5.41, 5.74) is 2.29. The molecule has 1 unspecified atom stereocenters. The second-order valence-electron chi connectivity index (χ2n) is 5.42. The molecule has 3 aromatic rings. The second kappa shape index (κ2) is 5.31.